The molecule has 2 rings (SSSR count). The highest BCUT2D eigenvalue weighted by Crippen LogP contribution is 2.23. The number of benzene rings is 1. The predicted molar refractivity (Wildman–Crippen MR) is 133 cm³/mol. The largest absolute Gasteiger partial charge is 0.372 e. The normalized spacial score (nSPS) is 15.5. The summed E-state index contributed by atoms with van der Waals surface area (Å²) in [5.41, 5.74) is 2.17. The van der Waals surface area contributed by atoms with Crippen LogP contribution in [0.2, 0.25) is 0 Å². The van der Waals surface area contributed by atoms with Crippen molar-refractivity contribution in [3.8, 4) is 0 Å². The number of anilines is 1. The van der Waals surface area contributed by atoms with Crippen LogP contribution in [0.4, 0.5) is 5.69 Å². The number of amides is 1. The van der Waals surface area contributed by atoms with Crippen LogP contribution >= 0.6 is 24.0 Å². The molecule has 7 heteroatoms. The number of carbonyl (C=O) groups excluding carboxylic acids is 1. The number of nitrogens with one attached hydrogen (secondary N) is 3. The zero-order valence-corrected chi connectivity index (χ0v) is 20.9. The van der Waals surface area contributed by atoms with Crippen LogP contribution in [0, 0.1) is 5.41 Å². The van der Waals surface area contributed by atoms with Gasteiger partial charge in [-0.15, -0.1) is 24.0 Å². The monoisotopic (exact) mass is 515 g/mol. The Balaban J connectivity index is 0.00000420. The average Bonchev–Trinajstić information content (AvgIpc) is 3.19. The van der Waals surface area contributed by atoms with Gasteiger partial charge in [0.05, 0.1) is 12.6 Å². The second-order valence-electron chi connectivity index (χ2n) is 8.42. The molecule has 6 nitrogen and oxygen atoms in total. The molecule has 1 heterocycles. The summed E-state index contributed by atoms with van der Waals surface area (Å²) in [6, 6.07) is 8.90. The van der Waals surface area contributed by atoms with Gasteiger partial charge in [-0.2, -0.15) is 0 Å². The van der Waals surface area contributed by atoms with Crippen molar-refractivity contribution in [3.05, 3.63) is 29.8 Å². The lowest BCUT2D eigenvalue weighted by atomic mass is 9.96. The van der Waals surface area contributed by atoms with Crippen molar-refractivity contribution in [2.45, 2.75) is 53.5 Å². The fourth-order valence-electron chi connectivity index (χ4n) is 3.18. The van der Waals surface area contributed by atoms with E-state index < -0.39 is 0 Å². The number of aliphatic imine (C=N–C) groups is 1. The summed E-state index contributed by atoms with van der Waals surface area (Å²) >= 11 is 0. The standard InChI is InChI=1S/C22H37N5O.HI/c1-6-23-21(25-13-12-24-20(28)22(3,4)5)26-17(2)18-10-9-11-19(16-18)27-14-7-8-15-27;/h9-11,16-17H,6-8,12-15H2,1-5H3,(H,24,28)(H2,23,25,26);1H. The molecule has 1 saturated heterocycles. The first-order chi connectivity index (χ1) is 13.3. The maximum Gasteiger partial charge on any atom is 0.225 e. The molecule has 29 heavy (non-hydrogen) atoms. The number of rotatable bonds is 7. The Morgan fingerprint density at radius 1 is 1.21 bits per heavy atom. The Bertz CT molecular complexity index is 665. The van der Waals surface area contributed by atoms with Gasteiger partial charge in [0.25, 0.3) is 0 Å². The summed E-state index contributed by atoms with van der Waals surface area (Å²) < 4.78 is 0. The lowest BCUT2D eigenvalue weighted by Gasteiger charge is -2.22. The lowest BCUT2D eigenvalue weighted by molar-refractivity contribution is -0.128. The van der Waals surface area contributed by atoms with Crippen molar-refractivity contribution in [3.63, 3.8) is 0 Å². The van der Waals surface area contributed by atoms with Crippen LogP contribution in [-0.4, -0.2) is 44.6 Å². The molecule has 0 aliphatic carbocycles. The van der Waals surface area contributed by atoms with Gasteiger partial charge in [0.15, 0.2) is 5.96 Å². The quantitative estimate of drug-likeness (QED) is 0.224. The highest BCUT2D eigenvalue weighted by Gasteiger charge is 2.20. The van der Waals surface area contributed by atoms with Gasteiger partial charge in [-0.3, -0.25) is 9.79 Å². The highest BCUT2D eigenvalue weighted by molar-refractivity contribution is 14.0. The number of nitrogens with zero attached hydrogens (tertiary/aromatic N) is 2. The Morgan fingerprint density at radius 2 is 1.90 bits per heavy atom. The minimum atomic E-state index is -0.374. The number of guanidine groups is 1. The van der Waals surface area contributed by atoms with E-state index in [4.69, 9.17) is 0 Å². The molecule has 1 aromatic carbocycles. The number of carbonyl (C=O) groups is 1. The topological polar surface area (TPSA) is 68.8 Å². The third-order valence-electron chi connectivity index (χ3n) is 4.89. The summed E-state index contributed by atoms with van der Waals surface area (Å²) in [6.45, 7) is 14.1. The van der Waals surface area contributed by atoms with Gasteiger partial charge in [0.2, 0.25) is 5.91 Å². The first-order valence-corrected chi connectivity index (χ1v) is 10.5. The van der Waals surface area contributed by atoms with Crippen molar-refractivity contribution in [2.24, 2.45) is 10.4 Å². The first kappa shape index (κ1) is 25.5. The fraction of sp³-hybridized carbons (Fsp3) is 0.636. The van der Waals surface area contributed by atoms with E-state index in [1.807, 2.05) is 20.8 Å². The smallest absolute Gasteiger partial charge is 0.225 e. The Morgan fingerprint density at radius 3 is 2.52 bits per heavy atom. The molecule has 164 valence electrons. The van der Waals surface area contributed by atoms with Crippen molar-refractivity contribution in [1.82, 2.24) is 16.0 Å². The van der Waals surface area contributed by atoms with E-state index in [0.29, 0.717) is 13.1 Å². The minimum absolute atomic E-state index is 0. The van der Waals surface area contributed by atoms with Crippen LogP contribution in [0.15, 0.2) is 29.3 Å². The summed E-state index contributed by atoms with van der Waals surface area (Å²) in [5, 5.41) is 9.70. The maximum atomic E-state index is 11.9. The molecule has 0 radical (unpaired) electrons. The summed E-state index contributed by atoms with van der Waals surface area (Å²) in [6.07, 6.45) is 2.56. The van der Waals surface area contributed by atoms with Crippen LogP contribution in [0.5, 0.6) is 0 Å². The zero-order valence-electron chi connectivity index (χ0n) is 18.5. The molecule has 1 fully saturated rings. The molecular formula is C22H38IN5O. The second kappa shape index (κ2) is 12.2. The van der Waals surface area contributed by atoms with Crippen molar-refractivity contribution < 1.29 is 4.79 Å². The molecule has 0 bridgehead atoms. The van der Waals surface area contributed by atoms with Crippen LogP contribution in [0.1, 0.15) is 59.1 Å². The van der Waals surface area contributed by atoms with Gasteiger partial charge in [0, 0.05) is 37.3 Å². The minimum Gasteiger partial charge on any atom is -0.372 e. The van der Waals surface area contributed by atoms with E-state index in [1.54, 1.807) is 0 Å². The number of halogens is 1. The molecule has 0 spiro atoms. The summed E-state index contributed by atoms with van der Waals surface area (Å²) in [7, 11) is 0. The van der Waals surface area contributed by atoms with Crippen molar-refractivity contribution in [1.29, 1.82) is 0 Å². The molecule has 1 amide bonds. The zero-order chi connectivity index (χ0) is 20.6. The Labute approximate surface area is 193 Å². The van der Waals surface area contributed by atoms with Gasteiger partial charge >= 0.3 is 0 Å². The second-order valence-corrected chi connectivity index (χ2v) is 8.42. The van der Waals surface area contributed by atoms with E-state index in [0.717, 1.165) is 25.6 Å². The van der Waals surface area contributed by atoms with Crippen LogP contribution in [0.3, 0.4) is 0 Å². The molecule has 1 unspecified atom stereocenters. The van der Waals surface area contributed by atoms with E-state index in [1.165, 1.54) is 24.1 Å². The molecule has 1 aromatic rings. The molecule has 1 atom stereocenters. The van der Waals surface area contributed by atoms with Crippen LogP contribution < -0.4 is 20.9 Å². The van der Waals surface area contributed by atoms with E-state index in [9.17, 15) is 4.79 Å². The Kier molecular flexibility index (Phi) is 10.8. The predicted octanol–water partition coefficient (Wildman–Crippen LogP) is 3.68. The van der Waals surface area contributed by atoms with Crippen molar-refractivity contribution in [2.75, 3.05) is 37.6 Å². The molecular weight excluding hydrogens is 477 g/mol. The lowest BCUT2D eigenvalue weighted by Crippen LogP contribution is -2.40. The van der Waals surface area contributed by atoms with E-state index >= 15 is 0 Å². The maximum absolute atomic E-state index is 11.9. The molecule has 3 N–H and O–H groups in total. The molecule has 1 aliphatic heterocycles. The van der Waals surface area contributed by atoms with Gasteiger partial charge < -0.3 is 20.9 Å². The third-order valence-corrected chi connectivity index (χ3v) is 4.89. The summed E-state index contributed by atoms with van der Waals surface area (Å²) in [4.78, 5) is 19.0. The van der Waals surface area contributed by atoms with E-state index in [2.05, 4.69) is 64.0 Å². The fourth-order valence-corrected chi connectivity index (χ4v) is 3.18. The number of hydrogen-bond acceptors (Lipinski definition) is 3. The highest BCUT2D eigenvalue weighted by atomic mass is 127. The average molecular weight is 515 g/mol. The van der Waals surface area contributed by atoms with Crippen LogP contribution in [0.25, 0.3) is 0 Å². The molecule has 0 aromatic heterocycles. The molecule has 0 saturated carbocycles. The molecule has 1 aliphatic rings. The Hall–Kier alpha value is -1.51. The van der Waals surface area contributed by atoms with Gasteiger partial charge in [0.1, 0.15) is 0 Å². The third kappa shape index (κ3) is 8.40. The number of hydrogen-bond donors (Lipinski definition) is 3. The first-order valence-electron chi connectivity index (χ1n) is 10.5. The van der Waals surface area contributed by atoms with Gasteiger partial charge in [-0.1, -0.05) is 32.9 Å². The van der Waals surface area contributed by atoms with Gasteiger partial charge in [-0.05, 0) is 44.4 Å². The van der Waals surface area contributed by atoms with E-state index in [-0.39, 0.29) is 41.3 Å². The van der Waals surface area contributed by atoms with Gasteiger partial charge in [-0.25, -0.2) is 0 Å². The summed E-state index contributed by atoms with van der Waals surface area (Å²) in [5.74, 6) is 0.819. The van der Waals surface area contributed by atoms with Crippen LogP contribution in [-0.2, 0) is 4.79 Å². The van der Waals surface area contributed by atoms with Crippen molar-refractivity contribution >= 4 is 41.5 Å². The SMILES string of the molecule is CCNC(=NCCNC(=O)C(C)(C)C)NC(C)c1cccc(N2CCCC2)c1.I.